The van der Waals surface area contributed by atoms with E-state index in [1.807, 2.05) is 25.7 Å². The average molecular weight is 228 g/mol. The molecule has 4 heteroatoms. The molecular formula is C12H24N2O2. The third-order valence-electron chi connectivity index (χ3n) is 3.10. The van der Waals surface area contributed by atoms with Gasteiger partial charge in [0, 0.05) is 13.1 Å². The van der Waals surface area contributed by atoms with Gasteiger partial charge in [-0.1, -0.05) is 27.7 Å². The summed E-state index contributed by atoms with van der Waals surface area (Å²) >= 11 is 0. The van der Waals surface area contributed by atoms with Gasteiger partial charge in [-0.05, 0) is 11.8 Å². The van der Waals surface area contributed by atoms with E-state index in [0.29, 0.717) is 19.7 Å². The smallest absolute Gasteiger partial charge is 0.240 e. The molecule has 2 N–H and O–H groups in total. The first kappa shape index (κ1) is 13.5. The molecule has 1 aliphatic heterocycles. The minimum atomic E-state index is -0.428. The van der Waals surface area contributed by atoms with Gasteiger partial charge in [-0.25, -0.2) is 0 Å². The van der Waals surface area contributed by atoms with Gasteiger partial charge < -0.3 is 15.4 Å². The highest BCUT2D eigenvalue weighted by molar-refractivity contribution is 5.82. The Morgan fingerprint density at radius 3 is 2.69 bits per heavy atom. The Balaban J connectivity index is 2.60. The van der Waals surface area contributed by atoms with Gasteiger partial charge in [0.1, 0.15) is 0 Å². The zero-order valence-corrected chi connectivity index (χ0v) is 10.8. The molecule has 2 atom stereocenters. The molecule has 1 aliphatic rings. The molecule has 0 aromatic carbocycles. The maximum atomic E-state index is 12.2. The molecule has 1 rings (SSSR count). The first-order chi connectivity index (χ1) is 7.36. The van der Waals surface area contributed by atoms with Gasteiger partial charge in [0.2, 0.25) is 5.91 Å². The van der Waals surface area contributed by atoms with Crippen LogP contribution < -0.4 is 5.73 Å². The molecule has 4 nitrogen and oxygen atoms in total. The molecule has 0 aliphatic carbocycles. The summed E-state index contributed by atoms with van der Waals surface area (Å²) in [4.78, 5) is 14.0. The van der Waals surface area contributed by atoms with Crippen molar-refractivity contribution >= 4 is 5.91 Å². The minimum Gasteiger partial charge on any atom is -0.375 e. The van der Waals surface area contributed by atoms with E-state index in [2.05, 4.69) is 6.92 Å². The normalized spacial score (nSPS) is 24.3. The van der Waals surface area contributed by atoms with E-state index >= 15 is 0 Å². The number of amides is 1. The summed E-state index contributed by atoms with van der Waals surface area (Å²) in [5, 5.41) is 0. The fourth-order valence-corrected chi connectivity index (χ4v) is 1.73. The van der Waals surface area contributed by atoms with Crippen molar-refractivity contribution in [3.05, 3.63) is 0 Å². The van der Waals surface area contributed by atoms with Crippen molar-refractivity contribution in [3.8, 4) is 0 Å². The average Bonchev–Trinajstić information content (AvgIpc) is 2.26. The lowest BCUT2D eigenvalue weighted by Gasteiger charge is -2.37. The predicted octanol–water partition coefficient (Wildman–Crippen LogP) is 0.997. The Hall–Kier alpha value is -0.610. The molecule has 0 saturated carbocycles. The second-order valence-electron chi connectivity index (χ2n) is 5.53. The molecule has 2 unspecified atom stereocenters. The van der Waals surface area contributed by atoms with Gasteiger partial charge in [0.15, 0.2) is 0 Å². The van der Waals surface area contributed by atoms with Crippen molar-refractivity contribution in [2.75, 3.05) is 19.7 Å². The first-order valence-corrected chi connectivity index (χ1v) is 6.02. The Labute approximate surface area is 98.1 Å². The Bertz CT molecular complexity index is 248. The van der Waals surface area contributed by atoms with Crippen molar-refractivity contribution < 1.29 is 9.53 Å². The summed E-state index contributed by atoms with van der Waals surface area (Å²) in [6.07, 6.45) is 1.11. The van der Waals surface area contributed by atoms with Gasteiger partial charge in [-0.2, -0.15) is 0 Å². The van der Waals surface area contributed by atoms with Crippen LogP contribution in [0.15, 0.2) is 0 Å². The summed E-state index contributed by atoms with van der Waals surface area (Å²) < 4.78 is 5.54. The van der Waals surface area contributed by atoms with E-state index in [-0.39, 0.29) is 17.4 Å². The predicted molar refractivity (Wildman–Crippen MR) is 64.0 cm³/mol. The van der Waals surface area contributed by atoms with Gasteiger partial charge in [-0.3, -0.25) is 4.79 Å². The minimum absolute atomic E-state index is 0.0502. The lowest BCUT2D eigenvalue weighted by molar-refractivity contribution is -0.142. The van der Waals surface area contributed by atoms with Gasteiger partial charge in [-0.15, -0.1) is 0 Å². The molecule has 94 valence electrons. The zero-order chi connectivity index (χ0) is 12.3. The van der Waals surface area contributed by atoms with E-state index in [9.17, 15) is 4.79 Å². The van der Waals surface area contributed by atoms with Gasteiger partial charge >= 0.3 is 0 Å². The highest BCUT2D eigenvalue weighted by Crippen LogP contribution is 2.20. The van der Waals surface area contributed by atoms with E-state index in [4.69, 9.17) is 10.5 Å². The molecule has 1 amide bonds. The highest BCUT2D eigenvalue weighted by Gasteiger charge is 2.33. The van der Waals surface area contributed by atoms with Crippen LogP contribution in [0.2, 0.25) is 0 Å². The van der Waals surface area contributed by atoms with Crippen LogP contribution in [0, 0.1) is 5.41 Å². The highest BCUT2D eigenvalue weighted by atomic mass is 16.5. The Morgan fingerprint density at radius 1 is 1.56 bits per heavy atom. The van der Waals surface area contributed by atoms with E-state index in [1.165, 1.54) is 0 Å². The monoisotopic (exact) mass is 228 g/mol. The van der Waals surface area contributed by atoms with Crippen molar-refractivity contribution in [2.45, 2.75) is 46.3 Å². The van der Waals surface area contributed by atoms with E-state index in [0.717, 1.165) is 6.42 Å². The van der Waals surface area contributed by atoms with Gasteiger partial charge in [0.25, 0.3) is 0 Å². The Morgan fingerprint density at radius 2 is 2.19 bits per heavy atom. The van der Waals surface area contributed by atoms with Gasteiger partial charge in [0.05, 0.1) is 18.8 Å². The molecule has 0 aromatic rings. The number of ether oxygens (including phenoxy) is 1. The quantitative estimate of drug-likeness (QED) is 0.767. The molecule has 1 fully saturated rings. The standard InChI is InChI=1S/C12H24N2O2/c1-5-9-8-14(6-7-16-9)11(15)10(13)12(2,3)4/h9-10H,5-8,13H2,1-4H3. The third-order valence-corrected chi connectivity index (χ3v) is 3.10. The summed E-state index contributed by atoms with van der Waals surface area (Å²) in [5.74, 6) is 0.0502. The maximum absolute atomic E-state index is 12.2. The van der Waals surface area contributed by atoms with Crippen LogP contribution >= 0.6 is 0 Å². The number of nitrogens with zero attached hydrogens (tertiary/aromatic N) is 1. The van der Waals surface area contributed by atoms with Crippen molar-refractivity contribution in [1.29, 1.82) is 0 Å². The Kier molecular flexibility index (Phi) is 4.33. The lowest BCUT2D eigenvalue weighted by Crippen LogP contribution is -2.55. The van der Waals surface area contributed by atoms with Crippen LogP contribution in [0.5, 0.6) is 0 Å². The number of rotatable bonds is 2. The number of carbonyl (C=O) groups excluding carboxylic acids is 1. The number of hydrogen-bond donors (Lipinski definition) is 1. The lowest BCUT2D eigenvalue weighted by atomic mass is 9.86. The summed E-state index contributed by atoms with van der Waals surface area (Å²) in [7, 11) is 0. The molecule has 0 spiro atoms. The molecule has 1 saturated heterocycles. The molecule has 0 aromatic heterocycles. The number of hydrogen-bond acceptors (Lipinski definition) is 3. The third kappa shape index (κ3) is 3.19. The number of carbonyl (C=O) groups is 1. The second kappa shape index (κ2) is 5.15. The molecule has 1 heterocycles. The molecule has 16 heavy (non-hydrogen) atoms. The van der Waals surface area contributed by atoms with Crippen molar-refractivity contribution in [3.63, 3.8) is 0 Å². The zero-order valence-electron chi connectivity index (χ0n) is 10.8. The summed E-state index contributed by atoms with van der Waals surface area (Å²) in [5.41, 5.74) is 5.80. The topological polar surface area (TPSA) is 55.6 Å². The first-order valence-electron chi connectivity index (χ1n) is 6.02. The number of morpholine rings is 1. The molecule has 0 radical (unpaired) electrons. The van der Waals surface area contributed by atoms with Crippen LogP contribution in [0.4, 0.5) is 0 Å². The summed E-state index contributed by atoms with van der Waals surface area (Å²) in [6, 6.07) is -0.428. The van der Waals surface area contributed by atoms with Crippen LogP contribution in [0.3, 0.4) is 0 Å². The van der Waals surface area contributed by atoms with E-state index in [1.54, 1.807) is 0 Å². The van der Waals surface area contributed by atoms with Crippen LogP contribution in [0.1, 0.15) is 34.1 Å². The molecular weight excluding hydrogens is 204 g/mol. The van der Waals surface area contributed by atoms with Crippen molar-refractivity contribution in [1.82, 2.24) is 4.90 Å². The molecule has 0 bridgehead atoms. The fraction of sp³-hybridized carbons (Fsp3) is 0.917. The van der Waals surface area contributed by atoms with Crippen LogP contribution in [-0.4, -0.2) is 42.6 Å². The second-order valence-corrected chi connectivity index (χ2v) is 5.53. The van der Waals surface area contributed by atoms with Crippen LogP contribution in [-0.2, 0) is 9.53 Å². The van der Waals surface area contributed by atoms with Crippen LogP contribution in [0.25, 0.3) is 0 Å². The fourth-order valence-electron chi connectivity index (χ4n) is 1.73. The summed E-state index contributed by atoms with van der Waals surface area (Å²) in [6.45, 7) is 10.0. The maximum Gasteiger partial charge on any atom is 0.240 e. The largest absolute Gasteiger partial charge is 0.375 e. The van der Waals surface area contributed by atoms with Crippen molar-refractivity contribution in [2.24, 2.45) is 11.1 Å². The number of nitrogens with two attached hydrogens (primary N) is 1. The SMILES string of the molecule is CCC1CN(C(=O)C(N)C(C)(C)C)CCO1. The van der Waals surface area contributed by atoms with E-state index < -0.39 is 6.04 Å².